The zero-order valence-corrected chi connectivity index (χ0v) is 14.6. The highest BCUT2D eigenvalue weighted by atomic mass is 127. The third-order valence-electron chi connectivity index (χ3n) is 2.70. The van der Waals surface area contributed by atoms with E-state index in [9.17, 15) is 9.90 Å². The Balaban J connectivity index is 2.40. The molecule has 0 spiro atoms. The number of hydrogen-bond donors (Lipinski definition) is 2. The van der Waals surface area contributed by atoms with Crippen molar-refractivity contribution in [3.05, 3.63) is 41.0 Å². The monoisotopic (exact) mass is 514 g/mol. The van der Waals surface area contributed by atoms with Gasteiger partial charge in [0.25, 0.3) is 5.56 Å². The summed E-state index contributed by atoms with van der Waals surface area (Å²) in [5.74, 6) is -0.118. The molecule has 20 heavy (non-hydrogen) atoms. The molecule has 102 valence electrons. The minimum Gasteiger partial charge on any atom is -0.493 e. The minimum absolute atomic E-state index is 0.0716. The van der Waals surface area contributed by atoms with E-state index in [1.165, 1.54) is 6.33 Å². The van der Waals surface area contributed by atoms with Crippen LogP contribution in [-0.4, -0.2) is 24.7 Å². The summed E-state index contributed by atoms with van der Waals surface area (Å²) in [7, 11) is 0. The lowest BCUT2D eigenvalue weighted by atomic mass is 10.1. The average molecular weight is 514 g/mol. The molecular weight excluding hydrogens is 509 g/mol. The number of benzene rings is 1. The first-order valence-electron chi connectivity index (χ1n) is 5.29. The van der Waals surface area contributed by atoms with E-state index in [2.05, 4.69) is 60.2 Å². The number of hydrogen-bond acceptors (Lipinski definition) is 4. The number of fused-ring (bicyclic) bond motifs is 1. The van der Waals surface area contributed by atoms with E-state index in [0.29, 0.717) is 10.6 Å². The maximum atomic E-state index is 12.1. The van der Waals surface area contributed by atoms with Crippen LogP contribution in [0.15, 0.2) is 23.3 Å². The van der Waals surface area contributed by atoms with Crippen molar-refractivity contribution in [2.45, 2.75) is 0 Å². The Labute approximate surface area is 144 Å². The number of halogens is 3. The molecule has 2 aromatic heterocycles. The van der Waals surface area contributed by atoms with Gasteiger partial charge in [-0.3, -0.25) is 9.78 Å². The smallest absolute Gasteiger partial charge is 0.264 e. The Morgan fingerprint density at radius 3 is 2.75 bits per heavy atom. The molecule has 2 heterocycles. The SMILES string of the molecule is O=c1[nH]c2ncnn2c(O)c1-c1cc(I)c(I)cc1Cl. The molecule has 0 saturated heterocycles. The van der Waals surface area contributed by atoms with E-state index in [-0.39, 0.29) is 17.2 Å². The van der Waals surface area contributed by atoms with Gasteiger partial charge < -0.3 is 5.11 Å². The summed E-state index contributed by atoms with van der Waals surface area (Å²) in [6.45, 7) is 0. The Kier molecular flexibility index (Phi) is 3.62. The van der Waals surface area contributed by atoms with Crippen molar-refractivity contribution in [1.29, 1.82) is 0 Å². The van der Waals surface area contributed by atoms with Crippen molar-refractivity contribution in [2.75, 3.05) is 0 Å². The van der Waals surface area contributed by atoms with Gasteiger partial charge in [0, 0.05) is 17.7 Å². The van der Waals surface area contributed by atoms with Crippen LogP contribution in [0.1, 0.15) is 0 Å². The lowest BCUT2D eigenvalue weighted by Crippen LogP contribution is -2.13. The van der Waals surface area contributed by atoms with Crippen LogP contribution >= 0.6 is 56.8 Å². The summed E-state index contributed by atoms with van der Waals surface area (Å²) >= 11 is 10.5. The van der Waals surface area contributed by atoms with Crippen molar-refractivity contribution < 1.29 is 5.11 Å². The molecule has 3 rings (SSSR count). The van der Waals surface area contributed by atoms with Crippen LogP contribution < -0.4 is 5.56 Å². The third-order valence-corrected chi connectivity index (χ3v) is 5.83. The van der Waals surface area contributed by atoms with Crippen molar-refractivity contribution >= 4 is 62.6 Å². The summed E-state index contributed by atoms with van der Waals surface area (Å²) in [5.41, 5.74) is 0.0526. The first-order chi connectivity index (χ1) is 9.49. The lowest BCUT2D eigenvalue weighted by Gasteiger charge is -2.08. The van der Waals surface area contributed by atoms with Crippen LogP contribution in [0.2, 0.25) is 5.02 Å². The number of aromatic nitrogens is 4. The fourth-order valence-electron chi connectivity index (χ4n) is 1.81. The maximum Gasteiger partial charge on any atom is 0.264 e. The second-order valence-corrected chi connectivity index (χ2v) is 6.63. The van der Waals surface area contributed by atoms with E-state index in [1.54, 1.807) is 12.1 Å². The van der Waals surface area contributed by atoms with Gasteiger partial charge in [0.2, 0.25) is 11.7 Å². The molecule has 0 aliphatic heterocycles. The van der Waals surface area contributed by atoms with E-state index in [1.807, 2.05) is 0 Å². The molecular formula is C11H5ClI2N4O2. The van der Waals surface area contributed by atoms with Gasteiger partial charge >= 0.3 is 0 Å². The summed E-state index contributed by atoms with van der Waals surface area (Å²) in [5, 5.41) is 14.5. The second kappa shape index (κ2) is 5.15. The number of H-pyrrole nitrogens is 1. The normalized spacial score (nSPS) is 11.2. The summed E-state index contributed by atoms with van der Waals surface area (Å²) < 4.78 is 3.05. The first kappa shape index (κ1) is 14.1. The lowest BCUT2D eigenvalue weighted by molar-refractivity contribution is 0.436. The number of rotatable bonds is 1. The predicted molar refractivity (Wildman–Crippen MR) is 91.2 cm³/mol. The molecule has 6 nitrogen and oxygen atoms in total. The zero-order valence-electron chi connectivity index (χ0n) is 9.56. The first-order valence-corrected chi connectivity index (χ1v) is 7.82. The highest BCUT2D eigenvalue weighted by molar-refractivity contribution is 14.1. The molecule has 1 aromatic carbocycles. The Hall–Kier alpha value is -0.880. The van der Waals surface area contributed by atoms with Crippen molar-refractivity contribution in [2.24, 2.45) is 0 Å². The van der Waals surface area contributed by atoms with Crippen LogP contribution in [0.25, 0.3) is 16.9 Å². The fraction of sp³-hybridized carbons (Fsp3) is 0. The molecule has 0 aliphatic rings. The highest BCUT2D eigenvalue weighted by Crippen LogP contribution is 2.34. The number of aromatic amines is 1. The van der Waals surface area contributed by atoms with Crippen molar-refractivity contribution in [3.63, 3.8) is 0 Å². The van der Waals surface area contributed by atoms with Gasteiger partial charge in [0.15, 0.2) is 0 Å². The molecule has 0 bridgehead atoms. The van der Waals surface area contributed by atoms with Crippen LogP contribution in [0.5, 0.6) is 5.88 Å². The Morgan fingerprint density at radius 1 is 1.30 bits per heavy atom. The molecule has 0 radical (unpaired) electrons. The fourth-order valence-corrected chi connectivity index (χ4v) is 3.19. The van der Waals surface area contributed by atoms with Crippen LogP contribution in [0.4, 0.5) is 0 Å². The molecule has 0 saturated carbocycles. The van der Waals surface area contributed by atoms with Gasteiger partial charge in [-0.15, -0.1) is 0 Å². The summed E-state index contributed by atoms with van der Waals surface area (Å²) in [4.78, 5) is 18.5. The van der Waals surface area contributed by atoms with Crippen LogP contribution in [-0.2, 0) is 0 Å². The van der Waals surface area contributed by atoms with Crippen molar-refractivity contribution in [1.82, 2.24) is 19.6 Å². The van der Waals surface area contributed by atoms with Crippen LogP contribution in [0, 0.1) is 7.14 Å². The number of nitrogens with one attached hydrogen (secondary N) is 1. The van der Waals surface area contributed by atoms with Crippen LogP contribution in [0.3, 0.4) is 0 Å². The number of nitrogens with zero attached hydrogens (tertiary/aromatic N) is 3. The van der Waals surface area contributed by atoms with E-state index in [0.717, 1.165) is 11.7 Å². The number of aromatic hydroxyl groups is 1. The highest BCUT2D eigenvalue weighted by Gasteiger charge is 2.18. The average Bonchev–Trinajstić information content (AvgIpc) is 2.83. The van der Waals surface area contributed by atoms with Gasteiger partial charge in [-0.2, -0.15) is 14.6 Å². The predicted octanol–water partition coefficient (Wildman–Crippen LogP) is 2.65. The van der Waals surface area contributed by atoms with Gasteiger partial charge in [-0.05, 0) is 57.3 Å². The Morgan fingerprint density at radius 2 is 2.00 bits per heavy atom. The molecule has 0 fully saturated rings. The van der Waals surface area contributed by atoms with Gasteiger partial charge in [-0.1, -0.05) is 11.6 Å². The standard InChI is InChI=1S/C11H5ClI2N4O2/c12-5-2-7(14)6(13)1-4(5)8-9(19)17-11-15-3-16-18(11)10(8)20/h1-3,20H,(H,15,16,17,19). The van der Waals surface area contributed by atoms with Gasteiger partial charge in [0.1, 0.15) is 11.9 Å². The molecule has 2 N–H and O–H groups in total. The van der Waals surface area contributed by atoms with E-state index >= 15 is 0 Å². The maximum absolute atomic E-state index is 12.1. The molecule has 3 aromatic rings. The zero-order chi connectivity index (χ0) is 14.4. The van der Waals surface area contributed by atoms with Gasteiger partial charge in [-0.25, -0.2) is 0 Å². The van der Waals surface area contributed by atoms with Gasteiger partial charge in [0.05, 0.1) is 0 Å². The largest absolute Gasteiger partial charge is 0.493 e. The minimum atomic E-state index is -0.470. The Bertz CT molecular complexity index is 890. The molecule has 0 unspecified atom stereocenters. The molecule has 0 amide bonds. The van der Waals surface area contributed by atoms with E-state index < -0.39 is 5.56 Å². The van der Waals surface area contributed by atoms with Crippen molar-refractivity contribution in [3.8, 4) is 17.0 Å². The third kappa shape index (κ3) is 2.19. The topological polar surface area (TPSA) is 83.3 Å². The molecule has 0 atom stereocenters. The second-order valence-electron chi connectivity index (χ2n) is 3.89. The summed E-state index contributed by atoms with van der Waals surface area (Å²) in [6.07, 6.45) is 1.24. The molecule has 9 heteroatoms. The summed E-state index contributed by atoms with van der Waals surface area (Å²) in [6, 6.07) is 3.49. The quantitative estimate of drug-likeness (QED) is 0.387. The van der Waals surface area contributed by atoms with E-state index in [4.69, 9.17) is 11.6 Å². The molecule has 0 aliphatic carbocycles.